The van der Waals surface area contributed by atoms with Crippen LogP contribution in [0.5, 0.6) is 5.75 Å². The summed E-state index contributed by atoms with van der Waals surface area (Å²) in [6.45, 7) is 2.01. The van der Waals surface area contributed by atoms with Crippen LogP contribution in [0, 0.1) is 12.7 Å². The lowest BCUT2D eigenvalue weighted by molar-refractivity contribution is -0.114. The van der Waals surface area contributed by atoms with Crippen molar-refractivity contribution in [3.05, 3.63) is 53.8 Å². The van der Waals surface area contributed by atoms with Crippen LogP contribution in [-0.4, -0.2) is 19.6 Å². The molecule has 0 heterocycles. The average molecular weight is 288 g/mol. The molecule has 0 aliphatic heterocycles. The van der Waals surface area contributed by atoms with Crippen LogP contribution in [0.3, 0.4) is 0 Å². The molecule has 0 aliphatic rings. The van der Waals surface area contributed by atoms with Gasteiger partial charge in [-0.1, -0.05) is 18.2 Å². The first kappa shape index (κ1) is 14.8. The average Bonchev–Trinajstić information content (AvgIpc) is 2.49. The van der Waals surface area contributed by atoms with Crippen molar-refractivity contribution in [3.8, 4) is 5.75 Å². The maximum Gasteiger partial charge on any atom is 0.243 e. The number of halogens is 1. The first-order valence-electron chi connectivity index (χ1n) is 6.53. The van der Waals surface area contributed by atoms with E-state index in [4.69, 9.17) is 4.74 Å². The van der Waals surface area contributed by atoms with E-state index < -0.39 is 5.82 Å². The number of carbonyl (C=O) groups excluding carboxylic acids is 1. The van der Waals surface area contributed by atoms with Crippen molar-refractivity contribution in [1.82, 2.24) is 0 Å². The second kappa shape index (κ2) is 6.74. The van der Waals surface area contributed by atoms with E-state index in [-0.39, 0.29) is 18.2 Å². The van der Waals surface area contributed by atoms with Gasteiger partial charge >= 0.3 is 0 Å². The minimum atomic E-state index is -0.438. The van der Waals surface area contributed by atoms with Crippen LogP contribution >= 0.6 is 0 Å². The van der Waals surface area contributed by atoms with Crippen molar-refractivity contribution in [3.63, 3.8) is 0 Å². The Morgan fingerprint density at radius 1 is 1.24 bits per heavy atom. The molecular formula is C16H17FN2O2. The van der Waals surface area contributed by atoms with E-state index in [2.05, 4.69) is 10.6 Å². The molecule has 0 atom stereocenters. The lowest BCUT2D eigenvalue weighted by atomic mass is 10.2. The third kappa shape index (κ3) is 3.95. The molecule has 1 amide bonds. The van der Waals surface area contributed by atoms with Crippen LogP contribution in [-0.2, 0) is 4.79 Å². The standard InChI is InChI=1S/C16H17FN2O2/c1-11-5-3-4-6-14(11)19-16(20)10-18-12-7-8-13(17)15(9-12)21-2/h3-9,18H,10H2,1-2H3,(H,19,20). The van der Waals surface area contributed by atoms with Gasteiger partial charge in [0.1, 0.15) is 0 Å². The van der Waals surface area contributed by atoms with Crippen molar-refractivity contribution < 1.29 is 13.9 Å². The van der Waals surface area contributed by atoms with Gasteiger partial charge in [0.25, 0.3) is 0 Å². The Kier molecular flexibility index (Phi) is 4.77. The summed E-state index contributed by atoms with van der Waals surface area (Å²) >= 11 is 0. The van der Waals surface area contributed by atoms with Gasteiger partial charge in [-0.2, -0.15) is 0 Å². The van der Waals surface area contributed by atoms with Crippen LogP contribution in [0.4, 0.5) is 15.8 Å². The molecule has 5 heteroatoms. The van der Waals surface area contributed by atoms with Crippen LogP contribution in [0.2, 0.25) is 0 Å². The summed E-state index contributed by atoms with van der Waals surface area (Å²) in [6, 6.07) is 11.9. The minimum absolute atomic E-state index is 0.0864. The number of nitrogens with one attached hydrogen (secondary N) is 2. The first-order chi connectivity index (χ1) is 10.1. The lowest BCUT2D eigenvalue weighted by Crippen LogP contribution is -2.22. The SMILES string of the molecule is COc1cc(NCC(=O)Nc2ccccc2C)ccc1F. The van der Waals surface area contributed by atoms with E-state index in [1.54, 1.807) is 6.07 Å². The molecule has 2 aromatic rings. The predicted molar refractivity (Wildman–Crippen MR) is 81.3 cm³/mol. The zero-order valence-electron chi connectivity index (χ0n) is 11.9. The molecule has 21 heavy (non-hydrogen) atoms. The van der Waals surface area contributed by atoms with Gasteiger partial charge in [0.15, 0.2) is 11.6 Å². The summed E-state index contributed by atoms with van der Waals surface area (Å²) in [7, 11) is 1.40. The number of hydrogen-bond acceptors (Lipinski definition) is 3. The summed E-state index contributed by atoms with van der Waals surface area (Å²) in [5.74, 6) is -0.473. The van der Waals surface area contributed by atoms with Gasteiger partial charge in [0.05, 0.1) is 13.7 Å². The van der Waals surface area contributed by atoms with Gasteiger partial charge in [-0.15, -0.1) is 0 Å². The molecule has 2 rings (SSSR count). The van der Waals surface area contributed by atoms with Gasteiger partial charge in [-0.3, -0.25) is 4.79 Å². The predicted octanol–water partition coefficient (Wildman–Crippen LogP) is 3.19. The zero-order valence-corrected chi connectivity index (χ0v) is 11.9. The van der Waals surface area contributed by atoms with Gasteiger partial charge in [0.2, 0.25) is 5.91 Å². The number of benzene rings is 2. The highest BCUT2D eigenvalue weighted by atomic mass is 19.1. The maximum absolute atomic E-state index is 13.3. The van der Waals surface area contributed by atoms with Crippen molar-refractivity contribution in [2.75, 3.05) is 24.3 Å². The van der Waals surface area contributed by atoms with E-state index >= 15 is 0 Å². The number of methoxy groups -OCH3 is 1. The van der Waals surface area contributed by atoms with E-state index in [0.29, 0.717) is 5.69 Å². The highest BCUT2D eigenvalue weighted by Crippen LogP contribution is 2.21. The molecular weight excluding hydrogens is 271 g/mol. The molecule has 110 valence electrons. The summed E-state index contributed by atoms with van der Waals surface area (Å²) in [5.41, 5.74) is 2.39. The Bertz CT molecular complexity index is 644. The molecule has 0 saturated carbocycles. The Labute approximate surface area is 122 Å². The zero-order chi connectivity index (χ0) is 15.2. The summed E-state index contributed by atoms with van der Waals surface area (Å²) in [4.78, 5) is 11.9. The lowest BCUT2D eigenvalue weighted by Gasteiger charge is -2.10. The van der Waals surface area contributed by atoms with Crippen molar-refractivity contribution in [1.29, 1.82) is 0 Å². The van der Waals surface area contributed by atoms with E-state index in [1.807, 2.05) is 31.2 Å². The molecule has 0 unspecified atom stereocenters. The van der Waals surface area contributed by atoms with Crippen molar-refractivity contribution in [2.24, 2.45) is 0 Å². The Morgan fingerprint density at radius 3 is 2.71 bits per heavy atom. The van der Waals surface area contributed by atoms with E-state index in [1.165, 1.54) is 19.2 Å². The largest absolute Gasteiger partial charge is 0.494 e. The molecule has 0 aromatic heterocycles. The minimum Gasteiger partial charge on any atom is -0.494 e. The van der Waals surface area contributed by atoms with E-state index in [9.17, 15) is 9.18 Å². The second-order valence-electron chi connectivity index (χ2n) is 4.57. The van der Waals surface area contributed by atoms with Crippen LogP contribution in [0.25, 0.3) is 0 Å². The highest BCUT2D eigenvalue weighted by Gasteiger charge is 2.06. The number of ether oxygens (including phenoxy) is 1. The molecule has 0 spiro atoms. The van der Waals surface area contributed by atoms with E-state index in [0.717, 1.165) is 11.3 Å². The maximum atomic E-state index is 13.3. The fourth-order valence-corrected chi connectivity index (χ4v) is 1.86. The fourth-order valence-electron chi connectivity index (χ4n) is 1.86. The highest BCUT2D eigenvalue weighted by molar-refractivity contribution is 5.94. The summed E-state index contributed by atoms with van der Waals surface area (Å²) in [6.07, 6.45) is 0. The topological polar surface area (TPSA) is 50.4 Å². The third-order valence-electron chi connectivity index (χ3n) is 3.02. The molecule has 0 saturated heterocycles. The summed E-state index contributed by atoms with van der Waals surface area (Å²) < 4.78 is 18.2. The third-order valence-corrected chi connectivity index (χ3v) is 3.02. The quantitative estimate of drug-likeness (QED) is 0.888. The fraction of sp³-hybridized carbons (Fsp3) is 0.188. The number of aryl methyl sites for hydroxylation is 1. The molecule has 0 bridgehead atoms. The Balaban J connectivity index is 1.94. The van der Waals surface area contributed by atoms with Gasteiger partial charge < -0.3 is 15.4 Å². The molecule has 4 nitrogen and oxygen atoms in total. The number of amides is 1. The number of hydrogen-bond donors (Lipinski definition) is 2. The monoisotopic (exact) mass is 288 g/mol. The van der Waals surface area contributed by atoms with Crippen molar-refractivity contribution in [2.45, 2.75) is 6.92 Å². The smallest absolute Gasteiger partial charge is 0.243 e. The van der Waals surface area contributed by atoms with Gasteiger partial charge in [-0.25, -0.2) is 4.39 Å². The summed E-state index contributed by atoms with van der Waals surface area (Å²) in [5, 5.41) is 5.74. The number of rotatable bonds is 5. The van der Waals surface area contributed by atoms with Crippen molar-refractivity contribution >= 4 is 17.3 Å². The van der Waals surface area contributed by atoms with Gasteiger partial charge in [-0.05, 0) is 30.7 Å². The number of carbonyl (C=O) groups is 1. The normalized spacial score (nSPS) is 10.0. The molecule has 0 fully saturated rings. The Hall–Kier alpha value is -2.56. The van der Waals surface area contributed by atoms with Gasteiger partial charge in [0, 0.05) is 17.4 Å². The molecule has 0 radical (unpaired) electrons. The molecule has 2 aromatic carbocycles. The van der Waals surface area contributed by atoms with Crippen LogP contribution < -0.4 is 15.4 Å². The number of anilines is 2. The van der Waals surface area contributed by atoms with Crippen LogP contribution in [0.15, 0.2) is 42.5 Å². The van der Waals surface area contributed by atoms with Crippen LogP contribution in [0.1, 0.15) is 5.56 Å². The second-order valence-corrected chi connectivity index (χ2v) is 4.57. The number of para-hydroxylation sites is 1. The molecule has 0 aliphatic carbocycles. The first-order valence-corrected chi connectivity index (χ1v) is 6.53. The Morgan fingerprint density at radius 2 is 2.00 bits per heavy atom. The molecule has 2 N–H and O–H groups in total.